The number of carbonyl (C=O) groups excluding carboxylic acids is 4. The molecule has 0 saturated carbocycles. The smallest absolute Gasteiger partial charge is 0.353 e. The summed E-state index contributed by atoms with van der Waals surface area (Å²) in [5, 5.41) is 57.1. The first-order chi connectivity index (χ1) is 40.8. The van der Waals surface area contributed by atoms with Crippen LogP contribution in [-0.4, -0.2) is 44.3 Å². The van der Waals surface area contributed by atoms with E-state index >= 15 is 0 Å². The number of esters is 4. The number of phenols is 4. The number of hydrogen-bond acceptors (Lipinski definition) is 16. The minimum absolute atomic E-state index is 0.0845. The van der Waals surface area contributed by atoms with Crippen LogP contribution in [0.1, 0.15) is 237 Å². The third-order valence-corrected chi connectivity index (χ3v) is 19.1. The van der Waals surface area contributed by atoms with Crippen molar-refractivity contribution in [1.82, 2.24) is 0 Å². The topological polar surface area (TPSA) is 186 Å². The highest BCUT2D eigenvalue weighted by atomic mass is 32.1. The molecular weight excluding hydrogens is 1140 g/mol. The van der Waals surface area contributed by atoms with Crippen LogP contribution in [0.15, 0.2) is 119 Å². The molecule has 4 atom stereocenters. The lowest BCUT2D eigenvalue weighted by Gasteiger charge is -2.30. The number of thiophene rings is 4. The van der Waals surface area contributed by atoms with E-state index in [2.05, 4.69) is 27.7 Å². The molecule has 0 fully saturated rings. The number of hydrogen-bond donors (Lipinski definition) is 4. The van der Waals surface area contributed by atoms with Crippen LogP contribution >= 0.6 is 45.3 Å². The highest BCUT2D eigenvalue weighted by Crippen LogP contribution is 2.54. The summed E-state index contributed by atoms with van der Waals surface area (Å²) in [4.78, 5) is 58.8. The van der Waals surface area contributed by atoms with E-state index in [1.165, 1.54) is 57.5 Å². The van der Waals surface area contributed by atoms with Gasteiger partial charge in [0, 0.05) is 92.4 Å². The molecule has 0 unspecified atom stereocenters. The van der Waals surface area contributed by atoms with E-state index in [1.807, 2.05) is 24.3 Å². The molecule has 8 aromatic rings. The first kappa shape index (κ1) is 61.3. The maximum atomic E-state index is 14.4. The van der Waals surface area contributed by atoms with Crippen molar-refractivity contribution in [3.8, 4) is 46.0 Å². The maximum Gasteiger partial charge on any atom is 0.353 e. The zero-order valence-corrected chi connectivity index (χ0v) is 51.1. The first-order valence-corrected chi connectivity index (χ1v) is 32.8. The minimum atomic E-state index is -0.735. The number of aromatic hydroxyl groups is 4. The van der Waals surface area contributed by atoms with Gasteiger partial charge in [0.15, 0.2) is 0 Å². The Bertz CT molecular complexity index is 3070. The van der Waals surface area contributed by atoms with Crippen molar-refractivity contribution < 1.29 is 58.6 Å². The molecule has 1 aliphatic rings. The van der Waals surface area contributed by atoms with Gasteiger partial charge < -0.3 is 39.4 Å². The quantitative estimate of drug-likeness (QED) is 0.0255. The second kappa shape index (κ2) is 29.0. The molecule has 4 heterocycles. The number of benzene rings is 4. The van der Waals surface area contributed by atoms with Crippen LogP contribution in [0.4, 0.5) is 0 Å². The number of fused-ring (bicyclic) bond motifs is 8. The lowest BCUT2D eigenvalue weighted by molar-refractivity contribution is 0.0716. The van der Waals surface area contributed by atoms with Crippen LogP contribution in [0.5, 0.6) is 46.0 Å². The summed E-state index contributed by atoms with van der Waals surface area (Å²) in [7, 11) is 0. The van der Waals surface area contributed by atoms with Crippen molar-refractivity contribution in [2.75, 3.05) is 0 Å². The number of phenolic OH excluding ortho intramolecular Hbond substituents is 4. The van der Waals surface area contributed by atoms with Crippen LogP contribution in [0, 0.1) is 0 Å². The number of unbranched alkanes of at least 4 members (excludes halogenated alkanes) is 8. The second-order valence-electron chi connectivity index (χ2n) is 21.5. The average molecular weight is 1210 g/mol. The average Bonchev–Trinajstić information content (AvgIpc) is 1.51. The third-order valence-electron chi connectivity index (χ3n) is 15.7. The highest BCUT2D eigenvalue weighted by molar-refractivity contribution is 7.12. The lowest BCUT2D eigenvalue weighted by atomic mass is 9.76. The van der Waals surface area contributed by atoms with Crippen molar-refractivity contribution in [2.45, 2.75) is 154 Å². The predicted molar refractivity (Wildman–Crippen MR) is 333 cm³/mol. The fourth-order valence-electron chi connectivity index (χ4n) is 11.5. The molecule has 4 aromatic heterocycles. The molecule has 12 nitrogen and oxygen atoms in total. The molecule has 8 bridgehead atoms. The monoisotopic (exact) mass is 1210 g/mol. The van der Waals surface area contributed by atoms with Gasteiger partial charge in [-0.25, -0.2) is 19.2 Å². The Morgan fingerprint density at radius 1 is 0.333 bits per heavy atom. The van der Waals surface area contributed by atoms with Crippen molar-refractivity contribution in [3.63, 3.8) is 0 Å². The molecule has 4 aromatic carbocycles. The molecule has 84 heavy (non-hydrogen) atoms. The Hall–Kier alpha value is -7.24. The Kier molecular flexibility index (Phi) is 21.2. The second-order valence-corrected chi connectivity index (χ2v) is 25.2. The summed E-state index contributed by atoms with van der Waals surface area (Å²) in [5.41, 5.74) is 3.64. The van der Waals surface area contributed by atoms with Crippen molar-refractivity contribution in [1.29, 1.82) is 0 Å². The highest BCUT2D eigenvalue weighted by Gasteiger charge is 2.36. The molecule has 440 valence electrons. The van der Waals surface area contributed by atoms with Crippen molar-refractivity contribution in [3.05, 3.63) is 183 Å². The van der Waals surface area contributed by atoms with Crippen molar-refractivity contribution in [2.24, 2.45) is 0 Å². The van der Waals surface area contributed by atoms with E-state index in [-0.39, 0.29) is 46.0 Å². The summed E-state index contributed by atoms with van der Waals surface area (Å²) in [5.74, 6) is -6.03. The third kappa shape index (κ3) is 14.3. The molecule has 0 radical (unpaired) electrons. The Morgan fingerprint density at radius 3 is 0.762 bits per heavy atom. The summed E-state index contributed by atoms with van der Waals surface area (Å²) in [6.45, 7) is 8.38. The van der Waals surface area contributed by atoms with E-state index in [0.29, 0.717) is 115 Å². The van der Waals surface area contributed by atoms with Gasteiger partial charge in [-0.2, -0.15) is 0 Å². The van der Waals surface area contributed by atoms with E-state index in [1.54, 1.807) is 82.2 Å². The Labute approximate surface area is 507 Å². The SMILES string of the molecule is CCCCC[C@@H]1c2cc(c(O)cc2O)[C@@H](CCCCC)c2cc(c(OC(=O)c3cccs3)cc2OC(=O)c2cccs2)[C@@H](CCCCC)c2cc(c(O)cc2O)[C@H](CCCCC)c2cc1c(OC(=O)c1cccs1)cc2OC(=O)c1cccs1. The summed E-state index contributed by atoms with van der Waals surface area (Å²) in [6.07, 6.45) is 11.0. The zero-order valence-electron chi connectivity index (χ0n) is 47.9. The first-order valence-electron chi connectivity index (χ1n) is 29.3. The van der Waals surface area contributed by atoms with Gasteiger partial charge in [-0.05, 0) is 95.7 Å². The van der Waals surface area contributed by atoms with Gasteiger partial charge in [0.25, 0.3) is 0 Å². The van der Waals surface area contributed by atoms with Gasteiger partial charge in [-0.1, -0.05) is 129 Å². The summed E-state index contributed by atoms with van der Waals surface area (Å²) in [6, 6.07) is 26.9. The van der Waals surface area contributed by atoms with Gasteiger partial charge in [0.2, 0.25) is 0 Å². The summed E-state index contributed by atoms with van der Waals surface area (Å²) >= 11 is 4.86. The van der Waals surface area contributed by atoms with Crippen molar-refractivity contribution >= 4 is 69.2 Å². The van der Waals surface area contributed by atoms with Crippen LogP contribution in [-0.2, 0) is 0 Å². The Morgan fingerprint density at radius 2 is 0.560 bits per heavy atom. The van der Waals surface area contributed by atoms with Gasteiger partial charge in [0.05, 0.1) is 0 Å². The van der Waals surface area contributed by atoms with E-state index in [9.17, 15) is 39.6 Å². The van der Waals surface area contributed by atoms with E-state index < -0.39 is 47.5 Å². The molecule has 1 aliphatic carbocycles. The maximum absolute atomic E-state index is 14.4. The minimum Gasteiger partial charge on any atom is -0.508 e. The Balaban J connectivity index is 1.43. The van der Waals surface area contributed by atoms with Gasteiger partial charge >= 0.3 is 23.9 Å². The molecule has 0 amide bonds. The molecule has 0 spiro atoms. The number of ether oxygens (including phenoxy) is 4. The van der Waals surface area contributed by atoms with Crippen LogP contribution in [0.2, 0.25) is 0 Å². The van der Waals surface area contributed by atoms with Gasteiger partial charge in [-0.3, -0.25) is 0 Å². The van der Waals surface area contributed by atoms with Crippen LogP contribution < -0.4 is 18.9 Å². The fourth-order valence-corrected chi connectivity index (χ4v) is 13.9. The van der Waals surface area contributed by atoms with E-state index in [4.69, 9.17) is 18.9 Å². The fraction of sp³-hybridized carbons (Fsp3) is 0.353. The normalized spacial score (nSPS) is 15.6. The van der Waals surface area contributed by atoms with E-state index in [0.717, 1.165) is 51.4 Å². The largest absolute Gasteiger partial charge is 0.508 e. The van der Waals surface area contributed by atoms with Crippen LogP contribution in [0.25, 0.3) is 0 Å². The number of carbonyl (C=O) groups is 4. The lowest BCUT2D eigenvalue weighted by Crippen LogP contribution is -2.17. The molecular formula is C68H72O12S4. The molecule has 16 heteroatoms. The van der Waals surface area contributed by atoms with Crippen LogP contribution in [0.3, 0.4) is 0 Å². The molecule has 0 aliphatic heterocycles. The van der Waals surface area contributed by atoms with Gasteiger partial charge in [0.1, 0.15) is 65.5 Å². The predicted octanol–water partition coefficient (Wildman–Crippen LogP) is 18.8. The molecule has 4 N–H and O–H groups in total. The van der Waals surface area contributed by atoms with Gasteiger partial charge in [-0.15, -0.1) is 45.3 Å². The molecule has 9 rings (SSSR count). The number of rotatable bonds is 24. The zero-order chi connectivity index (χ0) is 59.3. The molecule has 0 saturated heterocycles. The standard InChI is InChI=1S/C68H72O12S4/c1-5-9-13-21-41-45-33-46(54(70)37-53(45)69)42(22-14-10-6-2)51-36-52(60(80-68(76)64-28-20-32-84-64)40-59(51)79-67(75)63-27-19-31-83-63)44(24-16-12-8-4)48-34-47(55(71)38-56(48)72)43(23-15-11-7-3)50-35-49(41)57(77-65(73)61-25-17-29-81-61)39-58(50)78-66(74)62-26-18-30-82-62/h17-20,25-44,69-72H,5-16,21-24H2,1-4H3/t41-,42-,43+,44+. The summed E-state index contributed by atoms with van der Waals surface area (Å²) < 4.78 is 25.9.